The van der Waals surface area contributed by atoms with Crippen molar-refractivity contribution >= 4 is 31.5 Å². The number of sulfonamides is 1. The second-order valence-electron chi connectivity index (χ2n) is 7.99. The molecule has 7 nitrogen and oxygen atoms in total. The van der Waals surface area contributed by atoms with E-state index in [1.807, 2.05) is 0 Å². The van der Waals surface area contributed by atoms with E-state index in [0.717, 1.165) is 12.1 Å². The van der Waals surface area contributed by atoms with Crippen LogP contribution in [0.2, 0.25) is 0 Å². The van der Waals surface area contributed by atoms with Crippen LogP contribution < -0.4 is 4.72 Å². The van der Waals surface area contributed by atoms with E-state index in [2.05, 4.69) is 4.72 Å². The van der Waals surface area contributed by atoms with Crippen LogP contribution in [0.3, 0.4) is 0 Å². The van der Waals surface area contributed by atoms with Gasteiger partial charge in [0.15, 0.2) is 9.84 Å². The first-order chi connectivity index (χ1) is 16.2. The molecule has 1 aliphatic rings. The third kappa shape index (κ3) is 5.13. The number of carbonyl (C=O) groups excluding carboxylic acids is 1. The summed E-state index contributed by atoms with van der Waals surface area (Å²) in [6.45, 7) is 0.618. The number of amides is 1. The van der Waals surface area contributed by atoms with Crippen LogP contribution in [0.1, 0.15) is 23.2 Å². The lowest BCUT2D eigenvalue weighted by Crippen LogP contribution is -2.42. The predicted octanol–water partition coefficient (Wildman–Crippen LogP) is 3.71. The number of carbonyl (C=O) groups is 1. The number of hydrogen-bond donors (Lipinski definition) is 1. The van der Waals surface area contributed by atoms with Crippen LogP contribution in [-0.4, -0.2) is 46.0 Å². The van der Waals surface area contributed by atoms with E-state index in [0.29, 0.717) is 31.5 Å². The topological polar surface area (TPSA) is 101 Å². The lowest BCUT2D eigenvalue weighted by atomic mass is 10.1. The summed E-state index contributed by atoms with van der Waals surface area (Å²) in [4.78, 5) is 14.6. The number of rotatable bonds is 6. The Labute approximate surface area is 198 Å². The second kappa shape index (κ2) is 9.55. The smallest absolute Gasteiger partial charge is 0.261 e. The minimum atomic E-state index is -3.97. The van der Waals surface area contributed by atoms with Gasteiger partial charge < -0.3 is 4.90 Å². The van der Waals surface area contributed by atoms with Crippen molar-refractivity contribution in [3.05, 3.63) is 90.2 Å². The highest BCUT2D eigenvalue weighted by molar-refractivity contribution is 7.92. The van der Waals surface area contributed by atoms with Crippen LogP contribution in [0.15, 0.2) is 88.7 Å². The quantitative estimate of drug-likeness (QED) is 0.554. The number of hydrogen-bond acceptors (Lipinski definition) is 5. The van der Waals surface area contributed by atoms with Crippen LogP contribution in [0, 0.1) is 5.82 Å². The molecule has 34 heavy (non-hydrogen) atoms. The predicted molar refractivity (Wildman–Crippen MR) is 126 cm³/mol. The Hall–Kier alpha value is -3.24. The molecule has 0 bridgehead atoms. The fraction of sp³-hybridized carbons (Fsp3) is 0.208. The fourth-order valence-electron chi connectivity index (χ4n) is 3.88. The molecule has 0 radical (unpaired) electrons. The highest BCUT2D eigenvalue weighted by Gasteiger charge is 2.32. The Kier molecular flexibility index (Phi) is 6.72. The van der Waals surface area contributed by atoms with E-state index in [4.69, 9.17) is 0 Å². The Morgan fingerprint density at radius 3 is 2.06 bits per heavy atom. The Morgan fingerprint density at radius 2 is 1.44 bits per heavy atom. The molecule has 0 saturated carbocycles. The summed E-state index contributed by atoms with van der Waals surface area (Å²) < 4.78 is 66.2. The first-order valence-corrected chi connectivity index (χ1v) is 13.7. The largest absolute Gasteiger partial charge is 0.339 e. The van der Waals surface area contributed by atoms with Gasteiger partial charge in [-0.3, -0.25) is 9.52 Å². The zero-order chi connectivity index (χ0) is 24.3. The van der Waals surface area contributed by atoms with Gasteiger partial charge in [0.05, 0.1) is 15.0 Å². The molecule has 4 rings (SSSR count). The first-order valence-electron chi connectivity index (χ1n) is 10.6. The molecular weight excluding hydrogens is 479 g/mol. The van der Waals surface area contributed by atoms with E-state index in [1.54, 1.807) is 35.2 Å². The fourth-order valence-corrected chi connectivity index (χ4v) is 6.73. The average molecular weight is 503 g/mol. The van der Waals surface area contributed by atoms with Crippen LogP contribution >= 0.6 is 0 Å². The number of piperidine rings is 1. The zero-order valence-electron chi connectivity index (χ0n) is 18.1. The zero-order valence-corrected chi connectivity index (χ0v) is 19.7. The molecule has 1 N–H and O–H groups in total. The molecular formula is C24H23FN2O5S2. The van der Waals surface area contributed by atoms with Gasteiger partial charge in [0.2, 0.25) is 0 Å². The minimum Gasteiger partial charge on any atom is -0.339 e. The summed E-state index contributed by atoms with van der Waals surface area (Å²) in [6.07, 6.45) is 0.684. The SMILES string of the molecule is O=C(c1ccc(NS(=O)(=O)c2cccc(F)c2)cc1)N1CCC(S(=O)(=O)c2ccccc2)CC1. The van der Waals surface area contributed by atoms with Gasteiger partial charge in [-0.1, -0.05) is 24.3 Å². The van der Waals surface area contributed by atoms with Gasteiger partial charge in [-0.05, 0) is 67.4 Å². The van der Waals surface area contributed by atoms with Crippen molar-refractivity contribution in [1.82, 2.24) is 4.90 Å². The van der Waals surface area contributed by atoms with Crippen molar-refractivity contribution in [1.29, 1.82) is 0 Å². The standard InChI is InChI=1S/C24H23FN2O5S2/c25-19-5-4-8-23(17-19)34(31,32)26-20-11-9-18(10-12-20)24(28)27-15-13-22(14-16-27)33(29,30)21-6-2-1-3-7-21/h1-12,17,22,26H,13-16H2. The number of sulfone groups is 1. The van der Waals surface area contributed by atoms with E-state index < -0.39 is 30.9 Å². The van der Waals surface area contributed by atoms with Gasteiger partial charge in [-0.25, -0.2) is 21.2 Å². The van der Waals surface area contributed by atoms with Crippen LogP contribution in [-0.2, 0) is 19.9 Å². The van der Waals surface area contributed by atoms with Crippen molar-refractivity contribution in [3.63, 3.8) is 0 Å². The molecule has 0 spiro atoms. The number of anilines is 1. The van der Waals surface area contributed by atoms with E-state index in [9.17, 15) is 26.0 Å². The second-order valence-corrected chi connectivity index (χ2v) is 11.9. The third-order valence-corrected chi connectivity index (χ3v) is 9.39. The lowest BCUT2D eigenvalue weighted by Gasteiger charge is -2.31. The maximum absolute atomic E-state index is 13.4. The third-order valence-electron chi connectivity index (χ3n) is 5.73. The van der Waals surface area contributed by atoms with Crippen LogP contribution in [0.25, 0.3) is 0 Å². The van der Waals surface area contributed by atoms with E-state index in [-0.39, 0.29) is 21.4 Å². The number of benzene rings is 3. The molecule has 0 unspecified atom stereocenters. The summed E-state index contributed by atoms with van der Waals surface area (Å²) in [5.41, 5.74) is 0.589. The molecule has 1 heterocycles. The Balaban J connectivity index is 1.39. The average Bonchev–Trinajstić information content (AvgIpc) is 2.84. The molecule has 10 heteroatoms. The number of nitrogens with zero attached hydrogens (tertiary/aromatic N) is 1. The Morgan fingerprint density at radius 1 is 0.824 bits per heavy atom. The number of nitrogens with one attached hydrogen (secondary N) is 1. The first kappa shape index (κ1) is 23.9. The number of halogens is 1. The van der Waals surface area contributed by atoms with E-state index >= 15 is 0 Å². The molecule has 178 valence electrons. The monoisotopic (exact) mass is 502 g/mol. The van der Waals surface area contributed by atoms with Crippen molar-refractivity contribution in [2.24, 2.45) is 0 Å². The normalized spacial score (nSPS) is 15.1. The molecule has 3 aromatic carbocycles. The molecule has 1 amide bonds. The molecule has 1 fully saturated rings. The van der Waals surface area contributed by atoms with Crippen molar-refractivity contribution in [3.8, 4) is 0 Å². The molecule has 0 atom stereocenters. The van der Waals surface area contributed by atoms with Gasteiger partial charge in [0, 0.05) is 24.3 Å². The minimum absolute atomic E-state index is 0.207. The maximum Gasteiger partial charge on any atom is 0.261 e. The van der Waals surface area contributed by atoms with Gasteiger partial charge in [-0.2, -0.15) is 0 Å². The van der Waals surface area contributed by atoms with Gasteiger partial charge >= 0.3 is 0 Å². The highest BCUT2D eigenvalue weighted by Crippen LogP contribution is 2.26. The van der Waals surface area contributed by atoms with Crippen molar-refractivity contribution < 1.29 is 26.0 Å². The molecule has 1 aliphatic heterocycles. The summed E-state index contributed by atoms with van der Waals surface area (Å²) in [5.74, 6) is -0.917. The maximum atomic E-state index is 13.4. The molecule has 3 aromatic rings. The van der Waals surface area contributed by atoms with Crippen LogP contribution in [0.4, 0.5) is 10.1 Å². The highest BCUT2D eigenvalue weighted by atomic mass is 32.2. The van der Waals surface area contributed by atoms with Gasteiger partial charge in [-0.15, -0.1) is 0 Å². The summed E-state index contributed by atoms with van der Waals surface area (Å²) in [7, 11) is -7.43. The molecule has 0 aliphatic carbocycles. The van der Waals surface area contributed by atoms with Gasteiger partial charge in [0.1, 0.15) is 5.82 Å². The Bertz CT molecular complexity index is 1380. The van der Waals surface area contributed by atoms with Gasteiger partial charge in [0.25, 0.3) is 15.9 Å². The molecule has 1 saturated heterocycles. The summed E-state index contributed by atoms with van der Waals surface area (Å²) in [5, 5.41) is -0.543. The van der Waals surface area contributed by atoms with Crippen LogP contribution in [0.5, 0.6) is 0 Å². The van der Waals surface area contributed by atoms with Crippen molar-refractivity contribution in [2.75, 3.05) is 17.8 Å². The summed E-state index contributed by atoms with van der Waals surface area (Å²) >= 11 is 0. The van der Waals surface area contributed by atoms with Crippen molar-refractivity contribution in [2.45, 2.75) is 27.9 Å². The van der Waals surface area contributed by atoms with E-state index in [1.165, 1.54) is 36.4 Å². The lowest BCUT2D eigenvalue weighted by molar-refractivity contribution is 0.0725. The number of likely N-dealkylation sites (tertiary alicyclic amines) is 1. The summed E-state index contributed by atoms with van der Waals surface area (Å²) in [6, 6.07) is 18.9. The molecule has 0 aromatic heterocycles.